The number of aromatic nitrogens is 1. The van der Waals surface area contributed by atoms with Crippen LogP contribution in [-0.2, 0) is 0 Å². The molecule has 4 aromatic carbocycles. The van der Waals surface area contributed by atoms with Crippen LogP contribution in [0.5, 0.6) is 0 Å². The SMILES string of the molecule is c1ccc(-c2cc3ccccc3n2P(c2ccccc2)c2ccccc2)cc1. The van der Waals surface area contributed by atoms with Gasteiger partial charge in [0.15, 0.2) is 0 Å². The smallest absolute Gasteiger partial charge is 0.0598 e. The molecule has 28 heavy (non-hydrogen) atoms. The van der Waals surface area contributed by atoms with Gasteiger partial charge in [-0.15, -0.1) is 0 Å². The lowest BCUT2D eigenvalue weighted by atomic mass is 10.1. The molecule has 134 valence electrons. The third-order valence-corrected chi connectivity index (χ3v) is 7.36. The fourth-order valence-corrected chi connectivity index (χ4v) is 6.14. The molecular weight excluding hydrogens is 357 g/mol. The Labute approximate surface area is 166 Å². The Balaban J connectivity index is 1.84. The molecule has 0 spiro atoms. The Kier molecular flexibility index (Phi) is 4.53. The molecule has 0 fully saturated rings. The summed E-state index contributed by atoms with van der Waals surface area (Å²) in [5.41, 5.74) is 3.79. The largest absolute Gasteiger partial charge is 0.310 e. The number of nitrogens with zero attached hydrogens (tertiary/aromatic N) is 1. The molecule has 5 aromatic rings. The van der Waals surface area contributed by atoms with Gasteiger partial charge in [0.25, 0.3) is 0 Å². The summed E-state index contributed by atoms with van der Waals surface area (Å²) in [6.07, 6.45) is 0. The van der Waals surface area contributed by atoms with Gasteiger partial charge in [-0.25, -0.2) is 0 Å². The third kappa shape index (κ3) is 3.05. The molecule has 2 heteroatoms. The van der Waals surface area contributed by atoms with Crippen molar-refractivity contribution in [2.24, 2.45) is 0 Å². The van der Waals surface area contributed by atoms with Crippen molar-refractivity contribution in [3.8, 4) is 11.3 Å². The molecule has 1 nitrogen and oxygen atoms in total. The van der Waals surface area contributed by atoms with Crippen molar-refractivity contribution < 1.29 is 0 Å². The summed E-state index contributed by atoms with van der Waals surface area (Å²) in [4.78, 5) is 0. The predicted octanol–water partition coefficient (Wildman–Crippen LogP) is 6.20. The zero-order chi connectivity index (χ0) is 18.8. The van der Waals surface area contributed by atoms with E-state index >= 15 is 0 Å². The zero-order valence-electron chi connectivity index (χ0n) is 15.4. The van der Waals surface area contributed by atoms with Crippen LogP contribution < -0.4 is 10.6 Å². The van der Waals surface area contributed by atoms with Crippen molar-refractivity contribution >= 4 is 29.6 Å². The summed E-state index contributed by atoms with van der Waals surface area (Å²) >= 11 is 0. The first-order valence-electron chi connectivity index (χ1n) is 9.48. The van der Waals surface area contributed by atoms with Crippen LogP contribution in [-0.4, -0.2) is 4.34 Å². The molecule has 0 radical (unpaired) electrons. The minimum absolute atomic E-state index is 0.736. The van der Waals surface area contributed by atoms with E-state index in [0.29, 0.717) is 0 Å². The highest BCUT2D eigenvalue weighted by molar-refractivity contribution is 7.71. The van der Waals surface area contributed by atoms with Gasteiger partial charge in [-0.3, -0.25) is 0 Å². The number of para-hydroxylation sites is 1. The van der Waals surface area contributed by atoms with Gasteiger partial charge in [0.05, 0.1) is 19.3 Å². The topological polar surface area (TPSA) is 4.93 Å². The van der Waals surface area contributed by atoms with Crippen molar-refractivity contribution in [3.05, 3.63) is 121 Å². The number of benzene rings is 4. The molecule has 0 aliphatic rings. The predicted molar refractivity (Wildman–Crippen MR) is 122 cm³/mol. The van der Waals surface area contributed by atoms with Crippen LogP contribution in [0.3, 0.4) is 0 Å². The van der Waals surface area contributed by atoms with Crippen LogP contribution in [0.2, 0.25) is 0 Å². The van der Waals surface area contributed by atoms with Crippen LogP contribution >= 0.6 is 8.07 Å². The molecule has 0 amide bonds. The van der Waals surface area contributed by atoms with E-state index in [4.69, 9.17) is 0 Å². The second kappa shape index (κ2) is 7.46. The molecule has 1 aromatic heterocycles. The normalized spacial score (nSPS) is 11.2. The highest BCUT2D eigenvalue weighted by Gasteiger charge is 2.22. The van der Waals surface area contributed by atoms with Crippen molar-refractivity contribution in [2.75, 3.05) is 0 Å². The van der Waals surface area contributed by atoms with Gasteiger partial charge in [-0.2, -0.15) is 0 Å². The highest BCUT2D eigenvalue weighted by Crippen LogP contribution is 2.44. The van der Waals surface area contributed by atoms with E-state index in [-0.39, 0.29) is 0 Å². The van der Waals surface area contributed by atoms with Gasteiger partial charge in [-0.1, -0.05) is 109 Å². The van der Waals surface area contributed by atoms with Crippen LogP contribution in [0.25, 0.3) is 22.2 Å². The van der Waals surface area contributed by atoms with E-state index in [2.05, 4.69) is 126 Å². The summed E-state index contributed by atoms with van der Waals surface area (Å²) in [6, 6.07) is 43.5. The standard InChI is InChI=1S/C26H20NP/c1-4-12-21(13-5-1)26-20-22-14-10-11-19-25(22)27(26)28(23-15-6-2-7-16-23)24-17-8-3-9-18-24/h1-20H. The second-order valence-electron chi connectivity index (χ2n) is 6.75. The molecule has 0 atom stereocenters. The Hall–Kier alpha value is -3.15. The van der Waals surface area contributed by atoms with Crippen LogP contribution in [0.4, 0.5) is 0 Å². The molecule has 0 saturated carbocycles. The Bertz CT molecular complexity index is 1160. The second-order valence-corrected chi connectivity index (χ2v) is 8.81. The first-order valence-corrected chi connectivity index (χ1v) is 10.8. The van der Waals surface area contributed by atoms with Gasteiger partial charge >= 0.3 is 0 Å². The molecule has 0 saturated heterocycles. The zero-order valence-corrected chi connectivity index (χ0v) is 16.3. The molecule has 0 N–H and O–H groups in total. The third-order valence-electron chi connectivity index (χ3n) is 4.96. The maximum atomic E-state index is 2.55. The van der Waals surface area contributed by atoms with E-state index in [0.717, 1.165) is 0 Å². The van der Waals surface area contributed by atoms with Crippen LogP contribution in [0, 0.1) is 0 Å². The monoisotopic (exact) mass is 377 g/mol. The van der Waals surface area contributed by atoms with Crippen LogP contribution in [0.15, 0.2) is 121 Å². The summed E-state index contributed by atoms with van der Waals surface area (Å²) in [5, 5.41) is 3.98. The molecule has 0 bridgehead atoms. The van der Waals surface area contributed by atoms with Crippen molar-refractivity contribution in [3.63, 3.8) is 0 Å². The van der Waals surface area contributed by atoms with Crippen molar-refractivity contribution in [2.45, 2.75) is 0 Å². The first-order chi connectivity index (χ1) is 13.9. The summed E-state index contributed by atoms with van der Waals surface area (Å²) < 4.78 is 2.55. The fraction of sp³-hybridized carbons (Fsp3) is 0. The molecule has 0 aliphatic heterocycles. The van der Waals surface area contributed by atoms with Gasteiger partial charge in [-0.05, 0) is 17.7 Å². The lowest BCUT2D eigenvalue weighted by Gasteiger charge is -2.24. The maximum absolute atomic E-state index is 2.55. The highest BCUT2D eigenvalue weighted by atomic mass is 31.1. The first kappa shape index (κ1) is 17.0. The number of rotatable bonds is 4. The quantitative estimate of drug-likeness (QED) is 0.328. The lowest BCUT2D eigenvalue weighted by Crippen LogP contribution is -2.17. The van der Waals surface area contributed by atoms with Gasteiger partial charge in [0, 0.05) is 16.0 Å². The molecule has 1 heterocycles. The Morgan fingerprint density at radius 3 is 1.61 bits per heavy atom. The van der Waals surface area contributed by atoms with Gasteiger partial charge in [0.2, 0.25) is 0 Å². The average molecular weight is 377 g/mol. The fourth-order valence-electron chi connectivity index (χ4n) is 3.69. The maximum Gasteiger partial charge on any atom is 0.0598 e. The summed E-state index contributed by atoms with van der Waals surface area (Å²) in [5.74, 6) is 0. The van der Waals surface area contributed by atoms with Crippen molar-refractivity contribution in [1.82, 2.24) is 4.34 Å². The number of hydrogen-bond acceptors (Lipinski definition) is 0. The molecular formula is C26H20NP. The summed E-state index contributed by atoms with van der Waals surface area (Å²) in [6.45, 7) is 0. The molecule has 5 rings (SSSR count). The lowest BCUT2D eigenvalue weighted by molar-refractivity contribution is 1.32. The van der Waals surface area contributed by atoms with E-state index in [1.54, 1.807) is 0 Å². The van der Waals surface area contributed by atoms with Gasteiger partial charge in [0.1, 0.15) is 0 Å². The van der Waals surface area contributed by atoms with E-state index in [1.165, 1.54) is 32.8 Å². The average Bonchev–Trinajstić information content (AvgIpc) is 3.16. The Morgan fingerprint density at radius 2 is 1.00 bits per heavy atom. The molecule has 0 unspecified atom stereocenters. The minimum Gasteiger partial charge on any atom is -0.310 e. The number of hydrogen-bond donors (Lipinski definition) is 0. The van der Waals surface area contributed by atoms with Crippen molar-refractivity contribution in [1.29, 1.82) is 0 Å². The summed E-state index contributed by atoms with van der Waals surface area (Å²) in [7, 11) is -0.736. The van der Waals surface area contributed by atoms with Gasteiger partial charge < -0.3 is 4.34 Å². The number of fused-ring (bicyclic) bond motifs is 1. The van der Waals surface area contributed by atoms with Crippen LogP contribution in [0.1, 0.15) is 0 Å². The van der Waals surface area contributed by atoms with E-state index < -0.39 is 8.07 Å². The van der Waals surface area contributed by atoms with E-state index in [9.17, 15) is 0 Å². The van der Waals surface area contributed by atoms with E-state index in [1.807, 2.05) is 0 Å². The molecule has 0 aliphatic carbocycles. The Morgan fingerprint density at radius 1 is 0.500 bits per heavy atom. The minimum atomic E-state index is -0.736.